The number of hydrogen-bond donors (Lipinski definition) is 0. The van der Waals surface area contributed by atoms with Gasteiger partial charge in [0.1, 0.15) is 11.6 Å². The highest BCUT2D eigenvalue weighted by atomic mass is 35.5. The van der Waals surface area contributed by atoms with Crippen LogP contribution in [0.15, 0.2) is 54.1 Å². The molecular formula is C17H12ClNO. The quantitative estimate of drug-likeness (QED) is 0.474. The summed E-state index contributed by atoms with van der Waals surface area (Å²) in [5, 5.41) is 9.76. The van der Waals surface area contributed by atoms with Gasteiger partial charge in [0, 0.05) is 10.6 Å². The molecule has 0 aliphatic rings. The lowest BCUT2D eigenvalue weighted by atomic mass is 10.0. The minimum atomic E-state index is -0.299. The molecule has 0 aliphatic heterocycles. The zero-order valence-corrected chi connectivity index (χ0v) is 11.7. The Morgan fingerprint density at radius 2 is 1.80 bits per heavy atom. The largest absolute Gasteiger partial charge is 0.288 e. The smallest absolute Gasteiger partial charge is 0.203 e. The van der Waals surface area contributed by atoms with Crippen molar-refractivity contribution in [3.05, 3.63) is 75.8 Å². The molecular weight excluding hydrogens is 270 g/mol. The number of aryl methyl sites for hydroxylation is 1. The van der Waals surface area contributed by atoms with Gasteiger partial charge in [0.15, 0.2) is 0 Å². The molecule has 2 rings (SSSR count). The number of rotatable bonds is 3. The van der Waals surface area contributed by atoms with E-state index in [2.05, 4.69) is 0 Å². The normalized spacial score (nSPS) is 10.9. The van der Waals surface area contributed by atoms with Crippen LogP contribution in [0.3, 0.4) is 0 Å². The number of hydrogen-bond acceptors (Lipinski definition) is 2. The minimum absolute atomic E-state index is 0.113. The van der Waals surface area contributed by atoms with Crippen molar-refractivity contribution in [2.45, 2.75) is 6.92 Å². The summed E-state index contributed by atoms with van der Waals surface area (Å²) in [4.78, 5) is 12.3. The minimum Gasteiger partial charge on any atom is -0.288 e. The molecule has 0 spiro atoms. The number of carbonyl (C=O) groups excluding carboxylic acids is 1. The molecule has 2 nitrogen and oxygen atoms in total. The van der Waals surface area contributed by atoms with Gasteiger partial charge in [-0.1, -0.05) is 35.9 Å². The van der Waals surface area contributed by atoms with E-state index in [0.717, 1.165) is 11.1 Å². The molecule has 0 aromatic heterocycles. The molecule has 0 amide bonds. The van der Waals surface area contributed by atoms with Crippen LogP contribution in [0.25, 0.3) is 6.08 Å². The summed E-state index contributed by atoms with van der Waals surface area (Å²) < 4.78 is 0. The van der Waals surface area contributed by atoms with Crippen LogP contribution in [0.5, 0.6) is 0 Å². The van der Waals surface area contributed by atoms with Crippen LogP contribution >= 0.6 is 11.6 Å². The third-order valence-corrected chi connectivity index (χ3v) is 3.21. The van der Waals surface area contributed by atoms with E-state index in [1.807, 2.05) is 37.3 Å². The summed E-state index contributed by atoms with van der Waals surface area (Å²) in [7, 11) is 0. The van der Waals surface area contributed by atoms with Crippen molar-refractivity contribution in [2.24, 2.45) is 0 Å². The van der Waals surface area contributed by atoms with Crippen molar-refractivity contribution >= 4 is 23.5 Å². The average Bonchev–Trinajstić information content (AvgIpc) is 2.46. The number of nitrogens with zero attached hydrogens (tertiary/aromatic N) is 1. The van der Waals surface area contributed by atoms with Crippen LogP contribution in [0.4, 0.5) is 0 Å². The third-order valence-electron chi connectivity index (χ3n) is 2.96. The van der Waals surface area contributed by atoms with Crippen molar-refractivity contribution in [1.82, 2.24) is 0 Å². The molecule has 98 valence electrons. The second kappa shape index (κ2) is 6.18. The van der Waals surface area contributed by atoms with Gasteiger partial charge in [-0.25, -0.2) is 0 Å². The standard InChI is InChI=1S/C17H12ClNO/c1-12-4-2-3-5-14(12)10-15(11-19)17(20)13-6-8-16(18)9-7-13/h2-10H,1H3/b15-10+. The highest BCUT2D eigenvalue weighted by Gasteiger charge is 2.12. The maximum Gasteiger partial charge on any atom is 0.203 e. The number of benzene rings is 2. The number of ketones is 1. The highest BCUT2D eigenvalue weighted by molar-refractivity contribution is 6.30. The molecule has 0 radical (unpaired) electrons. The summed E-state index contributed by atoms with van der Waals surface area (Å²) in [6.07, 6.45) is 1.62. The fraction of sp³-hybridized carbons (Fsp3) is 0.0588. The first-order valence-electron chi connectivity index (χ1n) is 6.09. The molecule has 0 atom stereocenters. The SMILES string of the molecule is Cc1ccccc1/C=C(\C#N)C(=O)c1ccc(Cl)cc1. The summed E-state index contributed by atoms with van der Waals surface area (Å²) in [6.45, 7) is 1.94. The van der Waals surface area contributed by atoms with Gasteiger partial charge in [-0.3, -0.25) is 4.79 Å². The van der Waals surface area contributed by atoms with E-state index in [0.29, 0.717) is 10.6 Å². The van der Waals surface area contributed by atoms with Crippen molar-refractivity contribution in [3.8, 4) is 6.07 Å². The number of halogens is 1. The lowest BCUT2D eigenvalue weighted by molar-refractivity contribution is 0.104. The Morgan fingerprint density at radius 1 is 1.15 bits per heavy atom. The fourth-order valence-corrected chi connectivity index (χ4v) is 1.94. The maximum atomic E-state index is 12.3. The molecule has 0 saturated carbocycles. The van der Waals surface area contributed by atoms with Gasteiger partial charge >= 0.3 is 0 Å². The van der Waals surface area contributed by atoms with E-state index < -0.39 is 0 Å². The Morgan fingerprint density at radius 3 is 2.40 bits per heavy atom. The Kier molecular flexibility index (Phi) is 4.34. The molecule has 2 aromatic carbocycles. The lowest BCUT2D eigenvalue weighted by Crippen LogP contribution is -2.01. The van der Waals surface area contributed by atoms with Crippen LogP contribution in [0.1, 0.15) is 21.5 Å². The molecule has 0 saturated heterocycles. The highest BCUT2D eigenvalue weighted by Crippen LogP contribution is 2.17. The van der Waals surface area contributed by atoms with Gasteiger partial charge in [-0.2, -0.15) is 5.26 Å². The zero-order chi connectivity index (χ0) is 14.5. The predicted octanol–water partition coefficient (Wildman–Crippen LogP) is 4.44. The second-order valence-electron chi connectivity index (χ2n) is 4.36. The van der Waals surface area contributed by atoms with Crippen LogP contribution in [-0.4, -0.2) is 5.78 Å². The predicted molar refractivity (Wildman–Crippen MR) is 80.6 cm³/mol. The number of allylic oxidation sites excluding steroid dienone is 1. The van der Waals surface area contributed by atoms with Gasteiger partial charge in [-0.15, -0.1) is 0 Å². The van der Waals surface area contributed by atoms with Gasteiger partial charge in [0.05, 0.1) is 0 Å². The van der Waals surface area contributed by atoms with Crippen molar-refractivity contribution < 1.29 is 4.79 Å². The van der Waals surface area contributed by atoms with E-state index in [1.54, 1.807) is 30.3 Å². The van der Waals surface area contributed by atoms with E-state index in [4.69, 9.17) is 11.6 Å². The van der Waals surface area contributed by atoms with Crippen LogP contribution in [0.2, 0.25) is 5.02 Å². The van der Waals surface area contributed by atoms with E-state index in [-0.39, 0.29) is 11.4 Å². The molecule has 0 aliphatic carbocycles. The molecule has 2 aromatic rings. The van der Waals surface area contributed by atoms with Crippen LogP contribution < -0.4 is 0 Å². The molecule has 20 heavy (non-hydrogen) atoms. The molecule has 0 bridgehead atoms. The molecule has 0 heterocycles. The summed E-state index contributed by atoms with van der Waals surface area (Å²) in [5.74, 6) is -0.299. The Hall–Kier alpha value is -2.37. The summed E-state index contributed by atoms with van der Waals surface area (Å²) in [5.41, 5.74) is 2.45. The summed E-state index contributed by atoms with van der Waals surface area (Å²) in [6, 6.07) is 16.1. The van der Waals surface area contributed by atoms with Gasteiger partial charge in [0.2, 0.25) is 5.78 Å². The Labute approximate surface area is 122 Å². The first-order chi connectivity index (χ1) is 9.61. The van der Waals surface area contributed by atoms with E-state index in [9.17, 15) is 10.1 Å². The average molecular weight is 282 g/mol. The third kappa shape index (κ3) is 3.14. The van der Waals surface area contributed by atoms with Crippen molar-refractivity contribution in [1.29, 1.82) is 5.26 Å². The fourth-order valence-electron chi connectivity index (χ4n) is 1.81. The molecule has 0 fully saturated rings. The Balaban J connectivity index is 2.38. The molecule has 0 N–H and O–H groups in total. The molecule has 0 unspecified atom stereocenters. The lowest BCUT2D eigenvalue weighted by Gasteiger charge is -2.02. The Bertz CT molecular complexity index is 709. The molecule has 3 heteroatoms. The number of Topliss-reactive ketones (excluding diaryl/α,β-unsaturated/α-hetero) is 1. The van der Waals surface area contributed by atoms with Crippen molar-refractivity contribution in [2.75, 3.05) is 0 Å². The first-order valence-corrected chi connectivity index (χ1v) is 6.47. The monoisotopic (exact) mass is 281 g/mol. The number of carbonyl (C=O) groups is 1. The van der Waals surface area contributed by atoms with E-state index >= 15 is 0 Å². The van der Waals surface area contributed by atoms with Crippen LogP contribution in [-0.2, 0) is 0 Å². The topological polar surface area (TPSA) is 40.9 Å². The zero-order valence-electron chi connectivity index (χ0n) is 10.9. The second-order valence-corrected chi connectivity index (χ2v) is 4.80. The van der Waals surface area contributed by atoms with Crippen LogP contribution in [0, 0.1) is 18.3 Å². The first kappa shape index (κ1) is 14.0. The summed E-state index contributed by atoms with van der Waals surface area (Å²) >= 11 is 5.79. The van der Waals surface area contributed by atoms with Gasteiger partial charge < -0.3 is 0 Å². The van der Waals surface area contributed by atoms with Gasteiger partial charge in [0.25, 0.3) is 0 Å². The maximum absolute atomic E-state index is 12.3. The van der Waals surface area contributed by atoms with E-state index in [1.165, 1.54) is 0 Å². The van der Waals surface area contributed by atoms with Crippen molar-refractivity contribution in [3.63, 3.8) is 0 Å². The van der Waals surface area contributed by atoms with Gasteiger partial charge in [-0.05, 0) is 48.4 Å². The number of nitriles is 1.